The van der Waals surface area contributed by atoms with Crippen molar-refractivity contribution in [3.63, 3.8) is 0 Å². The van der Waals surface area contributed by atoms with Crippen LogP contribution in [0, 0.1) is 23.0 Å². The molecule has 9 nitrogen and oxygen atoms in total. The van der Waals surface area contributed by atoms with E-state index in [9.17, 15) is 10.1 Å². The van der Waals surface area contributed by atoms with Crippen LogP contribution in [0.5, 0.6) is 17.5 Å². The Morgan fingerprint density at radius 3 is 2.57 bits per heavy atom. The summed E-state index contributed by atoms with van der Waals surface area (Å²) in [4.78, 5) is 16.8. The number of aromatic nitrogens is 2. The predicted molar refractivity (Wildman–Crippen MR) is 141 cm³/mol. The maximum atomic E-state index is 10.9. The summed E-state index contributed by atoms with van der Waals surface area (Å²) in [6, 6.07) is 14.2. The number of benzene rings is 2. The summed E-state index contributed by atoms with van der Waals surface area (Å²) in [6.45, 7) is 5.75. The summed E-state index contributed by atoms with van der Waals surface area (Å²) < 4.78 is 19.3. The van der Waals surface area contributed by atoms with Crippen LogP contribution in [-0.4, -0.2) is 46.9 Å². The number of fused-ring (bicyclic) bond motifs is 1. The van der Waals surface area contributed by atoms with Gasteiger partial charge in [0.15, 0.2) is 0 Å². The van der Waals surface area contributed by atoms with Crippen molar-refractivity contribution in [3.8, 4) is 17.5 Å². The zero-order valence-corrected chi connectivity index (χ0v) is 21.6. The van der Waals surface area contributed by atoms with E-state index in [-0.39, 0.29) is 17.9 Å². The zero-order chi connectivity index (χ0) is 25.8. The number of piperidine rings is 1. The molecule has 0 N–H and O–H groups in total. The molecule has 1 aromatic heterocycles. The molecular formula is C27H31ClN4O5. The Hall–Kier alpha value is -3.46. The Kier molecular flexibility index (Phi) is 7.69. The number of imidazole rings is 1. The minimum atomic E-state index is -0.512. The molecule has 0 aliphatic carbocycles. The van der Waals surface area contributed by atoms with E-state index in [1.165, 1.54) is 11.9 Å². The molecule has 1 fully saturated rings. The average molecular weight is 527 g/mol. The average Bonchev–Trinajstić information content (AvgIpc) is 3.34. The monoisotopic (exact) mass is 526 g/mol. The molecule has 0 unspecified atom stereocenters. The fourth-order valence-corrected chi connectivity index (χ4v) is 4.93. The summed E-state index contributed by atoms with van der Waals surface area (Å²) >= 11 is 6.09. The first-order valence-corrected chi connectivity index (χ1v) is 13.1. The van der Waals surface area contributed by atoms with Crippen molar-refractivity contribution in [1.29, 1.82) is 0 Å². The van der Waals surface area contributed by atoms with Crippen LogP contribution < -0.4 is 19.1 Å². The molecule has 0 saturated carbocycles. The number of nitrogens with zero attached hydrogens (tertiary/aromatic N) is 4. The van der Waals surface area contributed by atoms with Crippen molar-refractivity contribution in [2.24, 2.45) is 5.92 Å². The van der Waals surface area contributed by atoms with E-state index in [4.69, 9.17) is 25.8 Å². The molecule has 0 radical (unpaired) electrons. The quantitative estimate of drug-likeness (QED) is 0.262. The molecule has 3 aromatic rings. The van der Waals surface area contributed by atoms with E-state index in [1.807, 2.05) is 37.3 Å². The molecule has 3 heterocycles. The normalized spacial score (nSPS) is 17.7. The van der Waals surface area contributed by atoms with Gasteiger partial charge in [-0.3, -0.25) is 4.57 Å². The molecule has 10 heteroatoms. The maximum absolute atomic E-state index is 10.9. The Labute approximate surface area is 221 Å². The van der Waals surface area contributed by atoms with Crippen LogP contribution in [0.15, 0.2) is 48.7 Å². The third-order valence-corrected chi connectivity index (χ3v) is 7.48. The van der Waals surface area contributed by atoms with Gasteiger partial charge in [0, 0.05) is 41.7 Å². The van der Waals surface area contributed by atoms with Gasteiger partial charge in [-0.2, -0.15) is 0 Å². The molecule has 0 spiro atoms. The second kappa shape index (κ2) is 11.3. The number of nitro groups is 1. The summed E-state index contributed by atoms with van der Waals surface area (Å²) in [5.41, 5.74) is 2.23. The van der Waals surface area contributed by atoms with Gasteiger partial charge in [0.25, 0.3) is 0 Å². The number of ether oxygens (including phenoxy) is 3. The van der Waals surface area contributed by atoms with Crippen LogP contribution in [0.1, 0.15) is 31.2 Å². The molecule has 2 aromatic carbocycles. The van der Waals surface area contributed by atoms with Gasteiger partial charge in [-0.1, -0.05) is 11.6 Å². The Morgan fingerprint density at radius 1 is 1.08 bits per heavy atom. The van der Waals surface area contributed by atoms with Gasteiger partial charge in [0.2, 0.25) is 0 Å². The number of anilines is 1. The lowest BCUT2D eigenvalue weighted by molar-refractivity contribution is -0.389. The van der Waals surface area contributed by atoms with E-state index in [2.05, 4.69) is 22.0 Å². The van der Waals surface area contributed by atoms with Crippen molar-refractivity contribution >= 4 is 23.1 Å². The van der Waals surface area contributed by atoms with Gasteiger partial charge in [0.1, 0.15) is 30.4 Å². The molecule has 0 bridgehead atoms. The van der Waals surface area contributed by atoms with Gasteiger partial charge in [-0.15, -0.1) is 0 Å². The molecule has 2 aliphatic rings. The summed E-state index contributed by atoms with van der Waals surface area (Å²) in [7, 11) is 0. The minimum Gasteiger partial charge on any atom is -0.494 e. The van der Waals surface area contributed by atoms with Crippen molar-refractivity contribution in [2.75, 3.05) is 31.2 Å². The van der Waals surface area contributed by atoms with Crippen molar-refractivity contribution in [1.82, 2.24) is 9.55 Å². The van der Waals surface area contributed by atoms with E-state index in [0.29, 0.717) is 25.5 Å². The van der Waals surface area contributed by atoms with E-state index in [0.717, 1.165) is 61.0 Å². The molecule has 2 aliphatic heterocycles. The Bertz CT molecular complexity index is 1220. The smallest absolute Gasteiger partial charge is 0.414 e. The Morgan fingerprint density at radius 2 is 1.84 bits per heavy atom. The highest BCUT2D eigenvalue weighted by atomic mass is 35.5. The largest absolute Gasteiger partial charge is 0.494 e. The second-order valence-electron chi connectivity index (χ2n) is 9.64. The first kappa shape index (κ1) is 25.2. The number of hydrogen-bond acceptors (Lipinski definition) is 7. The van der Waals surface area contributed by atoms with Gasteiger partial charge >= 0.3 is 11.8 Å². The van der Waals surface area contributed by atoms with Gasteiger partial charge in [-0.05, 0) is 85.1 Å². The number of halogens is 1. The lowest BCUT2D eigenvalue weighted by Gasteiger charge is -2.33. The molecule has 1 saturated heterocycles. The lowest BCUT2D eigenvalue weighted by Crippen LogP contribution is -2.34. The van der Waals surface area contributed by atoms with E-state index < -0.39 is 4.92 Å². The summed E-state index contributed by atoms with van der Waals surface area (Å²) in [6.07, 6.45) is 5.27. The first-order chi connectivity index (χ1) is 17.9. The van der Waals surface area contributed by atoms with Crippen LogP contribution in [0.3, 0.4) is 0 Å². The maximum Gasteiger partial charge on any atom is 0.414 e. The van der Waals surface area contributed by atoms with Crippen LogP contribution in [-0.2, 0) is 6.54 Å². The zero-order valence-electron chi connectivity index (χ0n) is 20.8. The highest BCUT2D eigenvalue weighted by molar-refractivity contribution is 6.31. The first-order valence-electron chi connectivity index (χ1n) is 12.7. The molecule has 196 valence electrons. The number of hydrogen-bond donors (Lipinski definition) is 0. The molecular weight excluding hydrogens is 496 g/mol. The predicted octanol–water partition coefficient (Wildman–Crippen LogP) is 5.67. The van der Waals surface area contributed by atoms with E-state index in [1.54, 1.807) is 4.57 Å². The molecule has 0 amide bonds. The van der Waals surface area contributed by atoms with Crippen molar-refractivity contribution < 1.29 is 19.1 Å². The highest BCUT2D eigenvalue weighted by Gasteiger charge is 2.28. The third kappa shape index (κ3) is 6.28. The van der Waals surface area contributed by atoms with Crippen molar-refractivity contribution in [2.45, 2.75) is 45.3 Å². The van der Waals surface area contributed by atoms with Crippen LogP contribution in [0.2, 0.25) is 5.02 Å². The van der Waals surface area contributed by atoms with Gasteiger partial charge in [0.05, 0.1) is 6.61 Å². The molecule has 5 rings (SSSR count). The number of aryl methyl sites for hydroxylation is 2. The fraction of sp³-hybridized carbons (Fsp3) is 0.444. The third-order valence-electron chi connectivity index (χ3n) is 7.05. The van der Waals surface area contributed by atoms with Crippen LogP contribution in [0.25, 0.3) is 0 Å². The van der Waals surface area contributed by atoms with E-state index >= 15 is 0 Å². The van der Waals surface area contributed by atoms with Crippen LogP contribution in [0.4, 0.5) is 11.5 Å². The molecule has 37 heavy (non-hydrogen) atoms. The summed E-state index contributed by atoms with van der Waals surface area (Å²) in [5.74, 6) is 2.13. The minimum absolute atomic E-state index is 0.194. The van der Waals surface area contributed by atoms with Crippen molar-refractivity contribution in [3.05, 3.63) is 69.4 Å². The fourth-order valence-electron chi connectivity index (χ4n) is 4.81. The number of rotatable bonds is 9. The SMILES string of the molecule is Cc1cc(OCCC2CCN(c3ccc(OC[C@H]4CCn5cc([N+](=O)[O-])nc5O4)cc3)CC2)ccc1Cl. The highest BCUT2D eigenvalue weighted by Crippen LogP contribution is 2.28. The van der Waals surface area contributed by atoms with Crippen LogP contribution >= 0.6 is 11.6 Å². The topological polar surface area (TPSA) is 91.9 Å². The second-order valence-corrected chi connectivity index (χ2v) is 10.1. The lowest BCUT2D eigenvalue weighted by atomic mass is 9.93. The molecule has 1 atom stereocenters. The van der Waals surface area contributed by atoms with Gasteiger partial charge in [-0.25, -0.2) is 0 Å². The standard InChI is InChI=1S/C27H31ClN4O5/c1-19-16-23(6-7-25(19)28)35-15-11-20-8-12-30(13-9-20)21-2-4-22(5-3-21)36-18-24-10-14-31-17-26(32(33)34)29-27(31)37-24/h2-7,16-17,20,24H,8-15,18H2,1H3/t24-/m1/s1. The summed E-state index contributed by atoms with van der Waals surface area (Å²) in [5, 5.41) is 11.7. The van der Waals surface area contributed by atoms with Gasteiger partial charge < -0.3 is 29.2 Å². The Balaban J connectivity index is 1.03.